The first-order valence-electron chi connectivity index (χ1n) is 10.8. The number of anilines is 1. The summed E-state index contributed by atoms with van der Waals surface area (Å²) in [5.74, 6) is 1.73. The first-order valence-corrected chi connectivity index (χ1v) is 10.8. The number of nitrogens with one attached hydrogen (secondary N) is 2. The quantitative estimate of drug-likeness (QED) is 0.671. The number of aryl methyl sites for hydroxylation is 2. The fraction of sp³-hybridized carbons (Fsp3) is 0.478. The molecule has 2 aromatic heterocycles. The highest BCUT2D eigenvalue weighted by Crippen LogP contribution is 2.27. The van der Waals surface area contributed by atoms with Crippen molar-refractivity contribution in [3.63, 3.8) is 0 Å². The first-order chi connectivity index (χ1) is 14.4. The molecule has 3 aromatic rings. The van der Waals surface area contributed by atoms with Crippen LogP contribution in [0.1, 0.15) is 50.9 Å². The molecule has 7 heteroatoms. The van der Waals surface area contributed by atoms with E-state index in [0.717, 1.165) is 54.0 Å². The molecule has 0 aliphatic heterocycles. The van der Waals surface area contributed by atoms with Crippen LogP contribution in [0, 0.1) is 19.8 Å². The summed E-state index contributed by atoms with van der Waals surface area (Å²) >= 11 is 0. The number of carbonyl (C=O) groups excluding carboxylic acids is 1. The molecule has 2 N–H and O–H groups in total. The van der Waals surface area contributed by atoms with Crippen LogP contribution >= 0.6 is 0 Å². The molecule has 30 heavy (non-hydrogen) atoms. The molecule has 1 saturated carbocycles. The number of carbonyl (C=O) groups is 1. The number of nitrogens with zero attached hydrogens (tertiary/aromatic N) is 4. The van der Waals surface area contributed by atoms with Gasteiger partial charge in [0.2, 0.25) is 5.91 Å². The van der Waals surface area contributed by atoms with Gasteiger partial charge in [0.1, 0.15) is 11.6 Å². The van der Waals surface area contributed by atoms with E-state index in [4.69, 9.17) is 0 Å². The first kappa shape index (κ1) is 20.3. The second-order valence-corrected chi connectivity index (χ2v) is 8.60. The minimum absolute atomic E-state index is 0.0307. The molecule has 158 valence electrons. The van der Waals surface area contributed by atoms with E-state index >= 15 is 0 Å². The lowest BCUT2D eigenvalue weighted by molar-refractivity contribution is -0.124. The second-order valence-electron chi connectivity index (χ2n) is 8.60. The Balaban J connectivity index is 1.50. The SMILES string of the molecule is Cc1ccc(-n2ncc3c(NC4CCC(NC(=O)C(C)C)CC4)nc(C)nc32)cc1. The lowest BCUT2D eigenvalue weighted by Gasteiger charge is -2.30. The van der Waals surface area contributed by atoms with Crippen molar-refractivity contribution in [3.8, 4) is 5.69 Å². The Morgan fingerprint density at radius 3 is 2.37 bits per heavy atom. The van der Waals surface area contributed by atoms with Gasteiger partial charge in [-0.2, -0.15) is 5.10 Å². The van der Waals surface area contributed by atoms with Gasteiger partial charge in [-0.05, 0) is 51.7 Å². The number of hydrogen-bond acceptors (Lipinski definition) is 5. The average molecular weight is 407 g/mol. The molecule has 0 bridgehead atoms. The zero-order valence-corrected chi connectivity index (χ0v) is 18.1. The predicted octanol–water partition coefficient (Wildman–Crippen LogP) is 3.93. The molecule has 1 aromatic carbocycles. The molecule has 2 heterocycles. The summed E-state index contributed by atoms with van der Waals surface area (Å²) in [6.07, 6.45) is 5.79. The van der Waals surface area contributed by atoms with Crippen molar-refractivity contribution in [1.29, 1.82) is 0 Å². The van der Waals surface area contributed by atoms with Crippen molar-refractivity contribution < 1.29 is 4.79 Å². The van der Waals surface area contributed by atoms with Crippen LogP contribution in [0.25, 0.3) is 16.7 Å². The summed E-state index contributed by atoms with van der Waals surface area (Å²) in [5.41, 5.74) is 3.01. The third kappa shape index (κ3) is 4.30. The molecule has 7 nitrogen and oxygen atoms in total. The number of benzene rings is 1. The molecular formula is C23H30N6O. The van der Waals surface area contributed by atoms with E-state index in [-0.39, 0.29) is 17.9 Å². The van der Waals surface area contributed by atoms with Gasteiger partial charge < -0.3 is 10.6 Å². The van der Waals surface area contributed by atoms with Crippen LogP contribution in [0.5, 0.6) is 0 Å². The van der Waals surface area contributed by atoms with Crippen molar-refractivity contribution in [2.24, 2.45) is 5.92 Å². The third-order valence-electron chi connectivity index (χ3n) is 5.76. The molecule has 1 amide bonds. The van der Waals surface area contributed by atoms with Gasteiger partial charge in [0.15, 0.2) is 5.65 Å². The van der Waals surface area contributed by atoms with Crippen molar-refractivity contribution >= 4 is 22.8 Å². The number of fused-ring (bicyclic) bond motifs is 1. The average Bonchev–Trinajstić information content (AvgIpc) is 3.14. The van der Waals surface area contributed by atoms with Crippen LogP contribution in [0.4, 0.5) is 5.82 Å². The van der Waals surface area contributed by atoms with Crippen LogP contribution in [-0.4, -0.2) is 37.7 Å². The minimum atomic E-state index is 0.0307. The Bertz CT molecular complexity index is 1030. The molecule has 0 atom stereocenters. The van der Waals surface area contributed by atoms with Crippen molar-refractivity contribution in [2.75, 3.05) is 5.32 Å². The Hall–Kier alpha value is -2.96. The van der Waals surface area contributed by atoms with E-state index < -0.39 is 0 Å². The summed E-state index contributed by atoms with van der Waals surface area (Å²) in [5, 5.41) is 12.3. The second kappa shape index (κ2) is 8.42. The van der Waals surface area contributed by atoms with Gasteiger partial charge in [-0.3, -0.25) is 4.79 Å². The summed E-state index contributed by atoms with van der Waals surface area (Å²) in [4.78, 5) is 21.3. The molecule has 4 rings (SSSR count). The Kier molecular flexibility index (Phi) is 5.70. The lowest BCUT2D eigenvalue weighted by Crippen LogP contribution is -2.41. The van der Waals surface area contributed by atoms with E-state index in [1.165, 1.54) is 5.56 Å². The number of aromatic nitrogens is 4. The van der Waals surface area contributed by atoms with Crippen molar-refractivity contribution in [3.05, 3.63) is 41.9 Å². The molecule has 0 radical (unpaired) electrons. The Morgan fingerprint density at radius 1 is 1.03 bits per heavy atom. The maximum absolute atomic E-state index is 12.0. The minimum Gasteiger partial charge on any atom is -0.367 e. The Morgan fingerprint density at radius 2 is 1.70 bits per heavy atom. The zero-order chi connectivity index (χ0) is 21.3. The molecule has 0 unspecified atom stereocenters. The highest BCUT2D eigenvalue weighted by molar-refractivity contribution is 5.87. The van der Waals surface area contributed by atoms with Crippen LogP contribution < -0.4 is 10.6 Å². The summed E-state index contributed by atoms with van der Waals surface area (Å²) in [6.45, 7) is 7.85. The number of amides is 1. The number of hydrogen-bond donors (Lipinski definition) is 2. The van der Waals surface area contributed by atoms with Crippen LogP contribution in [0.2, 0.25) is 0 Å². The topological polar surface area (TPSA) is 84.7 Å². The van der Waals surface area contributed by atoms with Gasteiger partial charge in [0.25, 0.3) is 0 Å². The Labute approximate surface area is 177 Å². The van der Waals surface area contributed by atoms with Crippen LogP contribution in [0.15, 0.2) is 30.5 Å². The zero-order valence-electron chi connectivity index (χ0n) is 18.1. The highest BCUT2D eigenvalue weighted by Gasteiger charge is 2.24. The van der Waals surface area contributed by atoms with Crippen molar-refractivity contribution in [2.45, 2.75) is 65.5 Å². The van der Waals surface area contributed by atoms with Gasteiger partial charge in [-0.1, -0.05) is 31.5 Å². The summed E-state index contributed by atoms with van der Waals surface area (Å²) < 4.78 is 1.87. The lowest BCUT2D eigenvalue weighted by atomic mass is 9.90. The predicted molar refractivity (Wildman–Crippen MR) is 119 cm³/mol. The smallest absolute Gasteiger partial charge is 0.222 e. The summed E-state index contributed by atoms with van der Waals surface area (Å²) in [7, 11) is 0. The van der Waals surface area contributed by atoms with Gasteiger partial charge >= 0.3 is 0 Å². The highest BCUT2D eigenvalue weighted by atomic mass is 16.1. The van der Waals surface area contributed by atoms with E-state index in [2.05, 4.69) is 56.9 Å². The monoisotopic (exact) mass is 406 g/mol. The van der Waals surface area contributed by atoms with Crippen LogP contribution in [0.3, 0.4) is 0 Å². The van der Waals surface area contributed by atoms with Gasteiger partial charge in [0.05, 0.1) is 17.3 Å². The van der Waals surface area contributed by atoms with Crippen LogP contribution in [-0.2, 0) is 4.79 Å². The molecule has 1 aliphatic rings. The van der Waals surface area contributed by atoms with Gasteiger partial charge in [-0.15, -0.1) is 0 Å². The number of rotatable bonds is 5. The van der Waals surface area contributed by atoms with E-state index in [1.54, 1.807) is 0 Å². The fourth-order valence-electron chi connectivity index (χ4n) is 3.95. The molecule has 0 spiro atoms. The van der Waals surface area contributed by atoms with Crippen molar-refractivity contribution in [1.82, 2.24) is 25.1 Å². The third-order valence-corrected chi connectivity index (χ3v) is 5.76. The standard InChI is InChI=1S/C23H30N6O/c1-14(2)23(30)28-18-9-7-17(8-10-18)27-21-20-13-24-29(22(20)26-16(4)25-21)19-11-5-15(3)6-12-19/h5-6,11-14,17-18H,7-10H2,1-4H3,(H,28,30)(H,25,26,27). The molecule has 1 aliphatic carbocycles. The molecule has 1 fully saturated rings. The molecule has 0 saturated heterocycles. The summed E-state index contributed by atoms with van der Waals surface area (Å²) in [6, 6.07) is 8.86. The fourth-order valence-corrected chi connectivity index (χ4v) is 3.95. The maximum Gasteiger partial charge on any atom is 0.222 e. The van der Waals surface area contributed by atoms with E-state index in [9.17, 15) is 4.79 Å². The normalized spacial score (nSPS) is 19.2. The van der Waals surface area contributed by atoms with E-state index in [0.29, 0.717) is 6.04 Å². The molecular weight excluding hydrogens is 376 g/mol. The largest absolute Gasteiger partial charge is 0.367 e. The van der Waals surface area contributed by atoms with Gasteiger partial charge in [0, 0.05) is 18.0 Å². The van der Waals surface area contributed by atoms with E-state index in [1.807, 2.05) is 31.6 Å². The maximum atomic E-state index is 12.0. The van der Waals surface area contributed by atoms with Gasteiger partial charge in [-0.25, -0.2) is 14.6 Å².